The molecule has 0 saturated heterocycles. The maximum absolute atomic E-state index is 12.7. The van der Waals surface area contributed by atoms with E-state index in [-0.39, 0.29) is 11.1 Å². The van der Waals surface area contributed by atoms with E-state index in [0.29, 0.717) is 45.3 Å². The number of rotatable bonds is 2. The van der Waals surface area contributed by atoms with Crippen LogP contribution in [0.2, 0.25) is 10.0 Å². The Labute approximate surface area is 158 Å². The molecule has 0 unspecified atom stereocenters. The number of hydrogen-bond donors (Lipinski definition) is 1. The number of allylic oxidation sites excluding steroid dienone is 1. The Hall–Kier alpha value is -2.63. The smallest absolute Gasteiger partial charge is 0.335 e. The van der Waals surface area contributed by atoms with Crippen LogP contribution in [0.5, 0.6) is 0 Å². The van der Waals surface area contributed by atoms with Gasteiger partial charge in [0.05, 0.1) is 16.5 Å². The summed E-state index contributed by atoms with van der Waals surface area (Å²) in [4.78, 5) is 28.5. The molecule has 4 rings (SSSR count). The quantitative estimate of drug-likeness (QED) is 0.710. The van der Waals surface area contributed by atoms with Crippen LogP contribution in [0.4, 0.5) is 0 Å². The summed E-state index contributed by atoms with van der Waals surface area (Å²) in [5.74, 6) is -0.547. The number of halogens is 2. The molecule has 0 spiro atoms. The van der Waals surface area contributed by atoms with Gasteiger partial charge < -0.3 is 5.11 Å². The molecule has 0 aliphatic carbocycles. The third-order valence-electron chi connectivity index (χ3n) is 4.41. The zero-order valence-electron chi connectivity index (χ0n) is 13.4. The van der Waals surface area contributed by atoms with Crippen LogP contribution in [-0.4, -0.2) is 20.6 Å². The largest absolute Gasteiger partial charge is 0.478 e. The fourth-order valence-corrected chi connectivity index (χ4v) is 3.62. The Morgan fingerprint density at radius 2 is 1.92 bits per heavy atom. The highest BCUT2D eigenvalue weighted by atomic mass is 35.5. The minimum Gasteiger partial charge on any atom is -0.478 e. The maximum Gasteiger partial charge on any atom is 0.335 e. The Morgan fingerprint density at radius 3 is 2.62 bits per heavy atom. The van der Waals surface area contributed by atoms with E-state index in [4.69, 9.17) is 28.3 Å². The summed E-state index contributed by atoms with van der Waals surface area (Å²) in [7, 11) is 0. The molecule has 1 aliphatic rings. The van der Waals surface area contributed by atoms with Gasteiger partial charge in [-0.25, -0.2) is 9.78 Å². The minimum atomic E-state index is -1.06. The molecule has 26 heavy (non-hydrogen) atoms. The van der Waals surface area contributed by atoms with Crippen LogP contribution in [-0.2, 0) is 6.54 Å². The molecule has 130 valence electrons. The fraction of sp³-hybridized carbons (Fsp3) is 0.105. The number of carbonyl (C=O) groups is 1. The molecule has 0 radical (unpaired) electrons. The van der Waals surface area contributed by atoms with Gasteiger partial charge in [-0.3, -0.25) is 9.36 Å². The van der Waals surface area contributed by atoms with E-state index in [9.17, 15) is 9.59 Å². The third kappa shape index (κ3) is 2.69. The fourth-order valence-electron chi connectivity index (χ4n) is 3.11. The van der Waals surface area contributed by atoms with Crippen molar-refractivity contribution in [3.63, 3.8) is 0 Å². The molecule has 3 aromatic rings. The number of fused-ring (bicyclic) bond motifs is 2. The Morgan fingerprint density at radius 1 is 1.19 bits per heavy atom. The Balaban J connectivity index is 1.93. The van der Waals surface area contributed by atoms with E-state index in [1.807, 2.05) is 6.08 Å². The second-order valence-electron chi connectivity index (χ2n) is 5.98. The lowest BCUT2D eigenvalue weighted by atomic mass is 10.1. The molecular formula is C19H12Cl2N2O3. The van der Waals surface area contributed by atoms with E-state index in [2.05, 4.69) is 4.98 Å². The van der Waals surface area contributed by atoms with Gasteiger partial charge in [-0.2, -0.15) is 0 Å². The topological polar surface area (TPSA) is 72.2 Å². The summed E-state index contributed by atoms with van der Waals surface area (Å²) < 4.78 is 1.60. The van der Waals surface area contributed by atoms with Gasteiger partial charge in [0.2, 0.25) is 0 Å². The summed E-state index contributed by atoms with van der Waals surface area (Å²) in [5, 5.41) is 10.6. The lowest BCUT2D eigenvalue weighted by molar-refractivity contribution is 0.0697. The van der Waals surface area contributed by atoms with Crippen LogP contribution in [0.1, 0.15) is 28.2 Å². The molecule has 2 aromatic carbocycles. The molecule has 0 fully saturated rings. The van der Waals surface area contributed by atoms with Crippen molar-refractivity contribution in [3.05, 3.63) is 73.7 Å². The molecule has 0 saturated carbocycles. The molecule has 1 N–H and O–H groups in total. The first-order valence-electron chi connectivity index (χ1n) is 7.88. The highest BCUT2D eigenvalue weighted by molar-refractivity contribution is 6.37. The summed E-state index contributed by atoms with van der Waals surface area (Å²) in [6.07, 6.45) is 2.45. The van der Waals surface area contributed by atoms with E-state index < -0.39 is 5.97 Å². The lowest BCUT2D eigenvalue weighted by Crippen LogP contribution is -2.21. The zero-order valence-corrected chi connectivity index (χ0v) is 14.9. The molecule has 0 amide bonds. The van der Waals surface area contributed by atoms with Crippen LogP contribution < -0.4 is 5.56 Å². The summed E-state index contributed by atoms with van der Waals surface area (Å²) >= 11 is 12.5. The number of aromatic carboxylic acids is 1. The maximum atomic E-state index is 12.7. The predicted octanol–water partition coefficient (Wildman–Crippen LogP) is 4.35. The highest BCUT2D eigenvalue weighted by Crippen LogP contribution is 2.32. The first-order chi connectivity index (χ1) is 12.5. The second kappa shape index (κ2) is 6.27. The van der Waals surface area contributed by atoms with Crippen molar-refractivity contribution < 1.29 is 9.90 Å². The number of nitrogens with zero attached hydrogens (tertiary/aromatic N) is 2. The van der Waals surface area contributed by atoms with Gasteiger partial charge >= 0.3 is 5.97 Å². The molecule has 5 nitrogen and oxygen atoms in total. The van der Waals surface area contributed by atoms with Crippen molar-refractivity contribution >= 4 is 51.7 Å². The van der Waals surface area contributed by atoms with E-state index in [1.54, 1.807) is 22.8 Å². The van der Waals surface area contributed by atoms with Crippen LogP contribution in [0.25, 0.3) is 22.6 Å². The summed E-state index contributed by atoms with van der Waals surface area (Å²) in [6, 6.07) is 9.59. The van der Waals surface area contributed by atoms with E-state index in [1.165, 1.54) is 18.2 Å². The van der Waals surface area contributed by atoms with Crippen molar-refractivity contribution in [1.82, 2.24) is 9.55 Å². The van der Waals surface area contributed by atoms with Gasteiger partial charge in [-0.05, 0) is 48.4 Å². The van der Waals surface area contributed by atoms with Gasteiger partial charge in [0.1, 0.15) is 5.82 Å². The SMILES string of the molecule is O=C(O)c1ccc2c(=O)n3c(nc2c1)C(=Cc1c(Cl)cccc1Cl)CC3. The predicted molar refractivity (Wildman–Crippen MR) is 102 cm³/mol. The van der Waals surface area contributed by atoms with Gasteiger partial charge in [0.25, 0.3) is 5.56 Å². The highest BCUT2D eigenvalue weighted by Gasteiger charge is 2.22. The Kier molecular flexibility index (Phi) is 4.05. The van der Waals surface area contributed by atoms with Crippen molar-refractivity contribution in [1.29, 1.82) is 0 Å². The van der Waals surface area contributed by atoms with Crippen LogP contribution in [0.3, 0.4) is 0 Å². The number of hydrogen-bond acceptors (Lipinski definition) is 3. The summed E-state index contributed by atoms with van der Waals surface area (Å²) in [5.41, 5.74) is 1.77. The monoisotopic (exact) mass is 386 g/mol. The third-order valence-corrected chi connectivity index (χ3v) is 5.07. The first-order valence-corrected chi connectivity index (χ1v) is 8.64. The molecule has 0 atom stereocenters. The van der Waals surface area contributed by atoms with Crippen molar-refractivity contribution in [2.75, 3.05) is 0 Å². The molecule has 1 aromatic heterocycles. The number of carboxylic acid groups (broad SMARTS) is 1. The molecule has 7 heteroatoms. The minimum absolute atomic E-state index is 0.0898. The van der Waals surface area contributed by atoms with Gasteiger partial charge in [-0.15, -0.1) is 0 Å². The first kappa shape index (κ1) is 16.8. The Bertz CT molecular complexity index is 1150. The standard InChI is InChI=1S/C19H12Cl2N2O3/c20-14-2-1-3-15(21)13(14)8-10-6-7-23-17(10)22-16-9-11(19(25)26)4-5-12(16)18(23)24/h1-5,8-9H,6-7H2,(H,25,26). The van der Waals surface area contributed by atoms with E-state index >= 15 is 0 Å². The molecule has 2 heterocycles. The van der Waals surface area contributed by atoms with Crippen molar-refractivity contribution in [2.45, 2.75) is 13.0 Å². The molecule has 1 aliphatic heterocycles. The van der Waals surface area contributed by atoms with Gasteiger partial charge in [0, 0.05) is 22.2 Å². The molecule has 0 bridgehead atoms. The normalized spacial score (nSPS) is 14.8. The van der Waals surface area contributed by atoms with Crippen LogP contribution >= 0.6 is 23.2 Å². The molecular weight excluding hydrogens is 375 g/mol. The number of carboxylic acids is 1. The zero-order chi connectivity index (χ0) is 18.4. The summed E-state index contributed by atoms with van der Waals surface area (Å²) in [6.45, 7) is 0.506. The number of aromatic nitrogens is 2. The van der Waals surface area contributed by atoms with Crippen molar-refractivity contribution in [2.24, 2.45) is 0 Å². The van der Waals surface area contributed by atoms with Crippen molar-refractivity contribution in [3.8, 4) is 0 Å². The van der Waals surface area contributed by atoms with Crippen LogP contribution in [0.15, 0.2) is 41.2 Å². The second-order valence-corrected chi connectivity index (χ2v) is 6.80. The lowest BCUT2D eigenvalue weighted by Gasteiger charge is -2.07. The van der Waals surface area contributed by atoms with Crippen LogP contribution in [0, 0.1) is 0 Å². The average Bonchev–Trinajstić information content (AvgIpc) is 3.01. The number of benzene rings is 2. The van der Waals surface area contributed by atoms with Gasteiger partial charge in [-0.1, -0.05) is 29.3 Å². The van der Waals surface area contributed by atoms with Gasteiger partial charge in [0.15, 0.2) is 0 Å². The average molecular weight is 387 g/mol. The van der Waals surface area contributed by atoms with E-state index in [0.717, 1.165) is 5.57 Å².